The largest absolute Gasteiger partial charge is 0.389 e. The highest BCUT2D eigenvalue weighted by Gasteiger charge is 2.57. The van der Waals surface area contributed by atoms with E-state index in [2.05, 4.69) is 0 Å². The summed E-state index contributed by atoms with van der Waals surface area (Å²) < 4.78 is 0. The van der Waals surface area contributed by atoms with Gasteiger partial charge in [0.15, 0.2) is 0 Å². The van der Waals surface area contributed by atoms with Gasteiger partial charge in [0.25, 0.3) is 0 Å². The minimum Gasteiger partial charge on any atom is -0.389 e. The standard InChI is InChI=1S/C9H17NOS/c10-7-8(1-2-8)9(11)3-5-12-6-4-9/h11H,1-7,10H2. The second kappa shape index (κ2) is 2.89. The van der Waals surface area contributed by atoms with Crippen LogP contribution in [-0.2, 0) is 0 Å². The third-order valence-electron chi connectivity index (χ3n) is 3.55. The van der Waals surface area contributed by atoms with Crippen LogP contribution in [0.3, 0.4) is 0 Å². The highest BCUT2D eigenvalue weighted by atomic mass is 32.2. The quantitative estimate of drug-likeness (QED) is 0.677. The lowest BCUT2D eigenvalue weighted by molar-refractivity contribution is -0.0363. The number of hydrogen-bond acceptors (Lipinski definition) is 3. The molecule has 0 amide bonds. The first kappa shape index (κ1) is 8.85. The van der Waals surface area contributed by atoms with Crippen molar-refractivity contribution in [3.8, 4) is 0 Å². The lowest BCUT2D eigenvalue weighted by Crippen LogP contribution is -2.46. The summed E-state index contributed by atoms with van der Waals surface area (Å²) >= 11 is 1.95. The first-order valence-electron chi connectivity index (χ1n) is 4.73. The van der Waals surface area contributed by atoms with E-state index in [-0.39, 0.29) is 5.41 Å². The summed E-state index contributed by atoms with van der Waals surface area (Å²) in [6, 6.07) is 0. The molecule has 1 aliphatic heterocycles. The molecule has 0 atom stereocenters. The molecule has 1 heterocycles. The molecule has 3 heteroatoms. The fourth-order valence-electron chi connectivity index (χ4n) is 2.25. The Morgan fingerprint density at radius 2 is 1.75 bits per heavy atom. The van der Waals surface area contributed by atoms with E-state index < -0.39 is 5.60 Å². The average molecular weight is 187 g/mol. The number of hydrogen-bond donors (Lipinski definition) is 2. The molecule has 0 aromatic rings. The van der Waals surface area contributed by atoms with Crippen molar-refractivity contribution in [1.82, 2.24) is 0 Å². The van der Waals surface area contributed by atoms with Crippen molar-refractivity contribution < 1.29 is 5.11 Å². The molecule has 0 radical (unpaired) electrons. The smallest absolute Gasteiger partial charge is 0.0731 e. The summed E-state index contributed by atoms with van der Waals surface area (Å²) in [6.07, 6.45) is 4.19. The lowest BCUT2D eigenvalue weighted by Gasteiger charge is -2.39. The van der Waals surface area contributed by atoms with Crippen LogP contribution in [0.2, 0.25) is 0 Å². The van der Waals surface area contributed by atoms with E-state index in [1.165, 1.54) is 0 Å². The molecule has 2 rings (SSSR count). The van der Waals surface area contributed by atoms with Crippen molar-refractivity contribution in [2.75, 3.05) is 18.1 Å². The van der Waals surface area contributed by atoms with Crippen LogP contribution in [0.25, 0.3) is 0 Å². The third kappa shape index (κ3) is 1.19. The molecule has 2 fully saturated rings. The van der Waals surface area contributed by atoms with E-state index in [1.807, 2.05) is 11.8 Å². The van der Waals surface area contributed by atoms with Gasteiger partial charge in [-0.25, -0.2) is 0 Å². The second-order valence-electron chi connectivity index (χ2n) is 4.13. The van der Waals surface area contributed by atoms with Gasteiger partial charge in [0, 0.05) is 12.0 Å². The summed E-state index contributed by atoms with van der Waals surface area (Å²) in [5.41, 5.74) is 5.43. The van der Waals surface area contributed by atoms with Crippen molar-refractivity contribution in [2.24, 2.45) is 11.1 Å². The fourth-order valence-corrected chi connectivity index (χ4v) is 3.42. The number of rotatable bonds is 2. The molecule has 1 saturated carbocycles. The van der Waals surface area contributed by atoms with Gasteiger partial charge in [-0.3, -0.25) is 0 Å². The van der Waals surface area contributed by atoms with E-state index in [0.717, 1.165) is 37.2 Å². The third-order valence-corrected chi connectivity index (χ3v) is 4.54. The molecule has 3 N–H and O–H groups in total. The Bertz CT molecular complexity index is 173. The fraction of sp³-hybridized carbons (Fsp3) is 1.00. The maximum atomic E-state index is 10.4. The molecule has 2 nitrogen and oxygen atoms in total. The molecule has 12 heavy (non-hydrogen) atoms. The van der Waals surface area contributed by atoms with E-state index in [1.54, 1.807) is 0 Å². The Balaban J connectivity index is 2.08. The first-order chi connectivity index (χ1) is 5.72. The van der Waals surface area contributed by atoms with Crippen LogP contribution in [-0.4, -0.2) is 28.8 Å². The van der Waals surface area contributed by atoms with Crippen LogP contribution in [0.15, 0.2) is 0 Å². The molecule has 0 spiro atoms. The zero-order valence-corrected chi connectivity index (χ0v) is 8.20. The lowest BCUT2D eigenvalue weighted by atomic mass is 9.79. The molecule has 1 aliphatic carbocycles. The van der Waals surface area contributed by atoms with Gasteiger partial charge in [-0.15, -0.1) is 0 Å². The zero-order valence-electron chi connectivity index (χ0n) is 7.38. The molecule has 0 aromatic carbocycles. The highest BCUT2D eigenvalue weighted by Crippen LogP contribution is 2.57. The minimum atomic E-state index is -0.410. The maximum absolute atomic E-state index is 10.4. The van der Waals surface area contributed by atoms with Crippen LogP contribution in [0, 0.1) is 5.41 Å². The van der Waals surface area contributed by atoms with Gasteiger partial charge in [0.05, 0.1) is 5.60 Å². The summed E-state index contributed by atoms with van der Waals surface area (Å²) in [5, 5.41) is 10.4. The molecular formula is C9H17NOS. The molecule has 2 aliphatic rings. The number of nitrogens with two attached hydrogens (primary N) is 1. The predicted molar refractivity (Wildman–Crippen MR) is 52.2 cm³/mol. The zero-order chi connectivity index (χ0) is 8.66. The van der Waals surface area contributed by atoms with Crippen LogP contribution < -0.4 is 5.73 Å². The van der Waals surface area contributed by atoms with Gasteiger partial charge in [0.1, 0.15) is 0 Å². The summed E-state index contributed by atoms with van der Waals surface area (Å²) in [7, 11) is 0. The van der Waals surface area contributed by atoms with Gasteiger partial charge < -0.3 is 10.8 Å². The van der Waals surface area contributed by atoms with Gasteiger partial charge in [-0.1, -0.05) is 0 Å². The Morgan fingerprint density at radius 1 is 1.17 bits per heavy atom. The Labute approximate surface area is 77.9 Å². The van der Waals surface area contributed by atoms with Crippen molar-refractivity contribution in [3.63, 3.8) is 0 Å². The molecule has 70 valence electrons. The van der Waals surface area contributed by atoms with Crippen molar-refractivity contribution >= 4 is 11.8 Å². The normalized spacial score (nSPS) is 31.5. The van der Waals surface area contributed by atoms with E-state index in [4.69, 9.17) is 5.73 Å². The average Bonchev–Trinajstić information content (AvgIpc) is 2.86. The Morgan fingerprint density at radius 3 is 2.17 bits per heavy atom. The van der Waals surface area contributed by atoms with Gasteiger partial charge in [-0.2, -0.15) is 11.8 Å². The summed E-state index contributed by atoms with van der Waals surface area (Å²) in [5.74, 6) is 2.22. The van der Waals surface area contributed by atoms with Crippen LogP contribution >= 0.6 is 11.8 Å². The second-order valence-corrected chi connectivity index (χ2v) is 5.35. The van der Waals surface area contributed by atoms with E-state index in [9.17, 15) is 5.11 Å². The van der Waals surface area contributed by atoms with Gasteiger partial charge in [-0.05, 0) is 37.2 Å². The van der Waals surface area contributed by atoms with Crippen molar-refractivity contribution in [1.29, 1.82) is 0 Å². The van der Waals surface area contributed by atoms with Gasteiger partial charge >= 0.3 is 0 Å². The van der Waals surface area contributed by atoms with Gasteiger partial charge in [0.2, 0.25) is 0 Å². The van der Waals surface area contributed by atoms with E-state index in [0.29, 0.717) is 6.54 Å². The van der Waals surface area contributed by atoms with Crippen molar-refractivity contribution in [2.45, 2.75) is 31.3 Å². The highest BCUT2D eigenvalue weighted by molar-refractivity contribution is 7.99. The van der Waals surface area contributed by atoms with E-state index >= 15 is 0 Å². The summed E-state index contributed by atoms with van der Waals surface area (Å²) in [6.45, 7) is 0.675. The molecule has 0 aromatic heterocycles. The predicted octanol–water partition coefficient (Wildman–Crippen LogP) is 0.983. The molecule has 1 saturated heterocycles. The first-order valence-corrected chi connectivity index (χ1v) is 5.88. The number of aliphatic hydroxyl groups is 1. The molecular weight excluding hydrogens is 170 g/mol. The van der Waals surface area contributed by atoms with Crippen molar-refractivity contribution in [3.05, 3.63) is 0 Å². The monoisotopic (exact) mass is 187 g/mol. The maximum Gasteiger partial charge on any atom is 0.0731 e. The Hall–Kier alpha value is 0.270. The Kier molecular flexibility index (Phi) is 2.13. The molecule has 0 bridgehead atoms. The van der Waals surface area contributed by atoms with Crippen LogP contribution in [0.1, 0.15) is 25.7 Å². The topological polar surface area (TPSA) is 46.2 Å². The van der Waals surface area contributed by atoms with Crippen LogP contribution in [0.5, 0.6) is 0 Å². The molecule has 0 unspecified atom stereocenters. The minimum absolute atomic E-state index is 0.119. The van der Waals surface area contributed by atoms with Crippen LogP contribution in [0.4, 0.5) is 0 Å². The SMILES string of the molecule is NCC1(C2(O)CCSCC2)CC1. The summed E-state index contributed by atoms with van der Waals surface area (Å²) in [4.78, 5) is 0. The number of thioether (sulfide) groups is 1.